The van der Waals surface area contributed by atoms with Crippen LogP contribution >= 0.6 is 0 Å². The normalized spacial score (nSPS) is 11.6. The standard InChI is InChI=1S/2C19H19N3O5S.Co.Na/c2*1-27-11-10-20-28(25,26)14-7-9-17(23)16(12-14)21-22-19-15-5-3-2-4-13(15)6-8-18(19)24;;/h2*2-9,12,20,23-24H,10-11H2,1H3;;/q;;+3;+1/p-4. The van der Waals surface area contributed by atoms with Gasteiger partial charge in [0.1, 0.15) is 0 Å². The number of sulfonamides is 2. The second-order valence-corrected chi connectivity index (χ2v) is 15.2. The fourth-order valence-corrected chi connectivity index (χ4v) is 7.16. The Morgan fingerprint density at radius 1 is 0.517 bits per heavy atom. The van der Waals surface area contributed by atoms with Crippen LogP contribution in [0.1, 0.15) is 0 Å². The van der Waals surface area contributed by atoms with Gasteiger partial charge in [-0.25, -0.2) is 26.3 Å². The largest absolute Gasteiger partial charge is 3.00 e. The van der Waals surface area contributed by atoms with Gasteiger partial charge in [0.2, 0.25) is 20.0 Å². The Balaban J connectivity index is 0.000000300. The second-order valence-electron chi connectivity index (χ2n) is 11.7. The third-order valence-corrected chi connectivity index (χ3v) is 10.8. The van der Waals surface area contributed by atoms with E-state index in [0.717, 1.165) is 35.0 Å². The molecule has 0 aliphatic heterocycles. The number of nitrogens with zero attached hydrogens (tertiary/aromatic N) is 4. The molecule has 58 heavy (non-hydrogen) atoms. The smallest absolute Gasteiger partial charge is 0.871 e. The van der Waals surface area contributed by atoms with Crippen molar-refractivity contribution in [3.05, 3.63) is 109 Å². The Kier molecular flexibility index (Phi) is 18.2. The molecular formula is C38H34CoN6NaO10S2. The first-order valence-electron chi connectivity index (χ1n) is 16.6. The van der Waals surface area contributed by atoms with Crippen molar-refractivity contribution >= 4 is 64.3 Å². The zero-order valence-electron chi connectivity index (χ0n) is 31.2. The van der Waals surface area contributed by atoms with Crippen LogP contribution in [0.25, 0.3) is 21.5 Å². The molecule has 0 saturated carbocycles. The summed E-state index contributed by atoms with van der Waals surface area (Å²) in [7, 11) is -4.75. The molecule has 0 bridgehead atoms. The molecule has 6 rings (SSSR count). The van der Waals surface area contributed by atoms with Gasteiger partial charge in [0, 0.05) is 38.1 Å². The Bertz CT molecular complexity index is 2450. The van der Waals surface area contributed by atoms with Crippen LogP contribution in [0.3, 0.4) is 0 Å². The van der Waals surface area contributed by atoms with Gasteiger partial charge >= 0.3 is 46.3 Å². The summed E-state index contributed by atoms with van der Waals surface area (Å²) in [6, 6.07) is 27.2. The van der Waals surface area contributed by atoms with Crippen LogP contribution in [-0.4, -0.2) is 57.4 Å². The number of methoxy groups -OCH3 is 2. The summed E-state index contributed by atoms with van der Waals surface area (Å²) < 4.78 is 63.5. The zero-order chi connectivity index (χ0) is 40.3. The minimum Gasteiger partial charge on any atom is -0.871 e. The number of azo groups is 2. The molecular weight excluding hydrogens is 847 g/mol. The number of ether oxygens (including phenoxy) is 2. The maximum absolute atomic E-state index is 12.3. The van der Waals surface area contributed by atoms with Crippen molar-refractivity contribution in [3.63, 3.8) is 0 Å². The Labute approximate surface area is 367 Å². The zero-order valence-corrected chi connectivity index (χ0v) is 35.9. The molecule has 0 aliphatic carbocycles. The van der Waals surface area contributed by atoms with E-state index in [1.807, 2.05) is 24.3 Å². The molecule has 0 atom stereocenters. The van der Waals surface area contributed by atoms with E-state index in [-0.39, 0.29) is 117 Å². The number of nitrogens with one attached hydrogen (secondary N) is 2. The van der Waals surface area contributed by atoms with Crippen LogP contribution in [0, 0.1) is 0 Å². The van der Waals surface area contributed by atoms with Crippen molar-refractivity contribution in [2.75, 3.05) is 40.5 Å². The van der Waals surface area contributed by atoms with Gasteiger partial charge < -0.3 is 29.9 Å². The van der Waals surface area contributed by atoms with E-state index >= 15 is 0 Å². The average molecular weight is 881 g/mol. The van der Waals surface area contributed by atoms with Gasteiger partial charge in [0.25, 0.3) is 0 Å². The van der Waals surface area contributed by atoms with E-state index < -0.39 is 31.5 Å². The molecule has 0 aliphatic rings. The number of hydrogen-bond donors (Lipinski definition) is 2. The molecule has 0 radical (unpaired) electrons. The van der Waals surface area contributed by atoms with Gasteiger partial charge in [-0.15, -0.1) is 0 Å². The average Bonchev–Trinajstić information content (AvgIpc) is 3.18. The molecule has 298 valence electrons. The fraction of sp³-hybridized carbons (Fsp3) is 0.158. The Morgan fingerprint density at radius 3 is 1.26 bits per heavy atom. The minimum atomic E-state index is -3.83. The minimum absolute atomic E-state index is 0. The molecule has 16 nitrogen and oxygen atoms in total. The number of benzene rings is 6. The summed E-state index contributed by atoms with van der Waals surface area (Å²) in [5, 5.41) is 66.8. The molecule has 0 spiro atoms. The number of fused-ring (bicyclic) bond motifs is 2. The van der Waals surface area contributed by atoms with Crippen molar-refractivity contribution in [1.82, 2.24) is 9.44 Å². The summed E-state index contributed by atoms with van der Waals surface area (Å²) in [5.41, 5.74) is -0.183. The first-order chi connectivity index (χ1) is 26.8. The molecule has 0 amide bonds. The summed E-state index contributed by atoms with van der Waals surface area (Å²) >= 11 is 0. The van der Waals surface area contributed by atoms with Crippen molar-refractivity contribution in [3.8, 4) is 23.0 Å². The summed E-state index contributed by atoms with van der Waals surface area (Å²) in [5.74, 6) is -1.71. The van der Waals surface area contributed by atoms with Crippen LogP contribution in [0.15, 0.2) is 139 Å². The van der Waals surface area contributed by atoms with Gasteiger partial charge in [0.15, 0.2) is 0 Å². The molecule has 0 heterocycles. The van der Waals surface area contributed by atoms with Crippen LogP contribution in [0.4, 0.5) is 22.7 Å². The molecule has 6 aromatic carbocycles. The van der Waals surface area contributed by atoms with E-state index in [1.54, 1.807) is 36.4 Å². The van der Waals surface area contributed by atoms with Gasteiger partial charge in [0.05, 0.1) is 45.8 Å². The van der Waals surface area contributed by atoms with Crippen LogP contribution < -0.4 is 59.4 Å². The monoisotopic (exact) mass is 880 g/mol. The first kappa shape index (κ1) is 47.9. The number of rotatable bonds is 14. The van der Waals surface area contributed by atoms with E-state index in [0.29, 0.717) is 10.8 Å². The summed E-state index contributed by atoms with van der Waals surface area (Å²) in [4.78, 5) is -0.255. The van der Waals surface area contributed by atoms with Crippen molar-refractivity contribution in [2.24, 2.45) is 20.5 Å². The molecule has 20 heteroatoms. The quantitative estimate of drug-likeness (QED) is 0.0909. The van der Waals surface area contributed by atoms with Crippen LogP contribution in [-0.2, 0) is 46.3 Å². The molecule has 2 N–H and O–H groups in total. The van der Waals surface area contributed by atoms with Gasteiger partial charge in [-0.1, -0.05) is 108 Å². The van der Waals surface area contributed by atoms with E-state index in [1.165, 1.54) is 38.5 Å². The van der Waals surface area contributed by atoms with Gasteiger partial charge in [-0.3, -0.25) is 0 Å². The second kappa shape index (κ2) is 22.0. The molecule has 6 aromatic rings. The fourth-order valence-electron chi connectivity index (χ4n) is 5.09. The van der Waals surface area contributed by atoms with Crippen molar-refractivity contribution in [1.29, 1.82) is 0 Å². The van der Waals surface area contributed by atoms with E-state index in [2.05, 4.69) is 29.9 Å². The van der Waals surface area contributed by atoms with Gasteiger partial charge in [-0.05, 0) is 35.0 Å². The third-order valence-electron chi connectivity index (χ3n) is 7.92. The van der Waals surface area contributed by atoms with E-state index in [9.17, 15) is 37.3 Å². The summed E-state index contributed by atoms with van der Waals surface area (Å²) in [6.45, 7) is 0.590. The third kappa shape index (κ3) is 12.3. The molecule has 0 aromatic heterocycles. The van der Waals surface area contributed by atoms with Crippen molar-refractivity contribution in [2.45, 2.75) is 9.79 Å². The van der Waals surface area contributed by atoms with Gasteiger partial charge in [-0.2, -0.15) is 20.5 Å². The van der Waals surface area contributed by atoms with E-state index in [4.69, 9.17) is 9.47 Å². The first-order valence-corrected chi connectivity index (χ1v) is 19.6. The molecule has 0 unspecified atom stereocenters. The Hall–Kier alpha value is -4.51. The topological polar surface area (TPSA) is 252 Å². The predicted molar refractivity (Wildman–Crippen MR) is 201 cm³/mol. The SMILES string of the molecule is COCCNS(=O)(=O)c1ccc([O-])c(N=Nc2c([O-])ccc3ccccc23)c1.COCCNS(=O)(=O)c1ccc([O-])c(N=Nc2c([O-])ccc3ccccc23)c1.[Co+3].[Na+]. The maximum atomic E-state index is 12.3. The molecule has 0 fully saturated rings. The number of hydrogen-bond acceptors (Lipinski definition) is 14. The van der Waals surface area contributed by atoms with Crippen molar-refractivity contribution < 1.29 is 93.1 Å². The summed E-state index contributed by atoms with van der Waals surface area (Å²) in [6.07, 6.45) is 0. The molecule has 0 saturated heterocycles. The van der Waals surface area contributed by atoms with Crippen LogP contribution in [0.5, 0.6) is 23.0 Å². The Morgan fingerprint density at radius 2 is 0.879 bits per heavy atom. The predicted octanol–water partition coefficient (Wildman–Crippen LogP) is 1.66. The maximum Gasteiger partial charge on any atom is 3.00 e. The van der Waals surface area contributed by atoms with Crippen LogP contribution in [0.2, 0.25) is 0 Å².